The fraction of sp³-hybridized carbons (Fsp3) is 1.00. The maximum atomic E-state index is 11.1. The number of sulfone groups is 1. The number of ether oxygens (including phenoxy) is 1. The van der Waals surface area contributed by atoms with Gasteiger partial charge >= 0.3 is 0 Å². The van der Waals surface area contributed by atoms with Gasteiger partial charge < -0.3 is 15.2 Å². The molecule has 1 saturated carbocycles. The molecule has 0 radical (unpaired) electrons. The third-order valence-corrected chi connectivity index (χ3v) is 4.90. The molecule has 0 aromatic rings. The number of hydrogen-bond donors (Lipinski definition) is 2. The Kier molecular flexibility index (Phi) is 7.43. The van der Waals surface area contributed by atoms with Crippen LogP contribution in [0.5, 0.6) is 0 Å². The van der Waals surface area contributed by atoms with Crippen molar-refractivity contribution >= 4 is 9.84 Å². The highest BCUT2D eigenvalue weighted by atomic mass is 32.2. The molecule has 0 heterocycles. The molecule has 4 unspecified atom stereocenters. The van der Waals surface area contributed by atoms with E-state index in [9.17, 15) is 13.5 Å². The molecular formula is C14H29NO4S. The van der Waals surface area contributed by atoms with E-state index in [0.717, 1.165) is 6.42 Å². The van der Waals surface area contributed by atoms with E-state index in [0.29, 0.717) is 19.1 Å². The van der Waals surface area contributed by atoms with E-state index in [1.54, 1.807) is 6.92 Å². The average Bonchev–Trinajstić information content (AvgIpc) is 2.33. The maximum absolute atomic E-state index is 11.1. The van der Waals surface area contributed by atoms with Crippen LogP contribution in [0.3, 0.4) is 0 Å². The lowest BCUT2D eigenvalue weighted by atomic mass is 9.88. The van der Waals surface area contributed by atoms with Gasteiger partial charge in [-0.15, -0.1) is 0 Å². The van der Waals surface area contributed by atoms with Crippen LogP contribution < -0.4 is 5.32 Å². The zero-order valence-corrected chi connectivity index (χ0v) is 13.7. The van der Waals surface area contributed by atoms with Crippen LogP contribution in [0.4, 0.5) is 0 Å². The average molecular weight is 307 g/mol. The molecule has 0 aliphatic heterocycles. The Morgan fingerprint density at radius 1 is 1.35 bits per heavy atom. The Labute approximate surface area is 123 Å². The second-order valence-electron chi connectivity index (χ2n) is 6.19. The molecule has 1 aliphatic carbocycles. The molecule has 2 N–H and O–H groups in total. The van der Waals surface area contributed by atoms with E-state index in [1.165, 1.54) is 25.5 Å². The first-order valence-electron chi connectivity index (χ1n) is 7.48. The van der Waals surface area contributed by atoms with Crippen LogP contribution in [0.2, 0.25) is 0 Å². The molecular weight excluding hydrogens is 278 g/mol. The van der Waals surface area contributed by atoms with Gasteiger partial charge in [0.15, 0.2) is 0 Å². The molecule has 5 nitrogen and oxygen atoms in total. The summed E-state index contributed by atoms with van der Waals surface area (Å²) in [7, 11) is -2.98. The van der Waals surface area contributed by atoms with Gasteiger partial charge in [0.2, 0.25) is 0 Å². The minimum absolute atomic E-state index is 0.0836. The number of nitrogens with one attached hydrogen (secondary N) is 1. The summed E-state index contributed by atoms with van der Waals surface area (Å²) >= 11 is 0. The lowest BCUT2D eigenvalue weighted by Crippen LogP contribution is -2.40. The molecule has 1 fully saturated rings. The van der Waals surface area contributed by atoms with Gasteiger partial charge in [-0.1, -0.05) is 19.8 Å². The smallest absolute Gasteiger partial charge is 0.148 e. The van der Waals surface area contributed by atoms with Crippen molar-refractivity contribution in [2.75, 3.05) is 25.2 Å². The van der Waals surface area contributed by atoms with Gasteiger partial charge in [0.1, 0.15) is 9.84 Å². The van der Waals surface area contributed by atoms with Crippen LogP contribution >= 0.6 is 0 Å². The first-order valence-corrected chi connectivity index (χ1v) is 9.54. The van der Waals surface area contributed by atoms with Crippen LogP contribution in [0.1, 0.15) is 39.5 Å². The molecule has 0 aromatic heterocycles. The lowest BCUT2D eigenvalue weighted by molar-refractivity contribution is -0.0454. The number of aliphatic hydroxyl groups excluding tert-OH is 1. The van der Waals surface area contributed by atoms with Crippen LogP contribution in [0.15, 0.2) is 0 Å². The molecule has 0 amide bonds. The fourth-order valence-electron chi connectivity index (χ4n) is 2.67. The molecule has 120 valence electrons. The van der Waals surface area contributed by atoms with Crippen molar-refractivity contribution in [2.24, 2.45) is 5.92 Å². The summed E-state index contributed by atoms with van der Waals surface area (Å²) in [6.07, 6.45) is 5.63. The van der Waals surface area contributed by atoms with Gasteiger partial charge in [0.25, 0.3) is 0 Å². The van der Waals surface area contributed by atoms with Gasteiger partial charge in [-0.3, -0.25) is 0 Å². The van der Waals surface area contributed by atoms with Crippen LogP contribution in [0, 0.1) is 5.92 Å². The highest BCUT2D eigenvalue weighted by Gasteiger charge is 2.22. The van der Waals surface area contributed by atoms with E-state index < -0.39 is 15.9 Å². The monoisotopic (exact) mass is 307 g/mol. The molecule has 0 spiro atoms. The molecule has 6 heteroatoms. The largest absolute Gasteiger partial charge is 0.389 e. The van der Waals surface area contributed by atoms with E-state index >= 15 is 0 Å². The Hall–Kier alpha value is -0.170. The molecule has 0 aromatic carbocycles. The predicted molar refractivity (Wildman–Crippen MR) is 80.6 cm³/mol. The predicted octanol–water partition coefficient (Wildman–Crippen LogP) is 0.965. The number of aliphatic hydroxyl groups is 1. The SMILES string of the molecule is CC(CS(C)(=O)=O)NCC(O)COC1CCCCC1C. The third kappa shape index (κ3) is 7.57. The normalized spacial score (nSPS) is 27.2. The van der Waals surface area contributed by atoms with Crippen molar-refractivity contribution in [1.29, 1.82) is 0 Å². The van der Waals surface area contributed by atoms with Crippen LogP contribution in [0.25, 0.3) is 0 Å². The van der Waals surface area contributed by atoms with Crippen molar-refractivity contribution in [3.8, 4) is 0 Å². The topological polar surface area (TPSA) is 75.6 Å². The maximum Gasteiger partial charge on any atom is 0.148 e. The zero-order chi connectivity index (χ0) is 15.2. The van der Waals surface area contributed by atoms with Gasteiger partial charge in [-0.2, -0.15) is 0 Å². The minimum Gasteiger partial charge on any atom is -0.389 e. The summed E-state index contributed by atoms with van der Waals surface area (Å²) < 4.78 is 28.0. The van der Waals surface area contributed by atoms with Crippen LogP contribution in [-0.2, 0) is 14.6 Å². The molecule has 20 heavy (non-hydrogen) atoms. The van der Waals surface area contributed by atoms with Crippen molar-refractivity contribution in [2.45, 2.75) is 57.8 Å². The first-order chi connectivity index (χ1) is 9.28. The Balaban J connectivity index is 2.18. The van der Waals surface area contributed by atoms with E-state index in [-0.39, 0.29) is 17.9 Å². The van der Waals surface area contributed by atoms with Crippen molar-refractivity contribution in [1.82, 2.24) is 5.32 Å². The molecule has 4 atom stereocenters. The van der Waals surface area contributed by atoms with Gasteiger partial charge in [-0.05, 0) is 25.7 Å². The summed E-state index contributed by atoms with van der Waals surface area (Å²) in [6, 6.07) is -0.159. The van der Waals surface area contributed by atoms with Crippen molar-refractivity contribution in [3.63, 3.8) is 0 Å². The standard InChI is InChI=1S/C14H29NO4S/c1-11-6-4-5-7-14(11)19-9-13(16)8-15-12(2)10-20(3,17)18/h11-16H,4-10H2,1-3H3. The lowest BCUT2D eigenvalue weighted by Gasteiger charge is -2.29. The van der Waals surface area contributed by atoms with E-state index in [1.807, 2.05) is 0 Å². The summed E-state index contributed by atoms with van der Waals surface area (Å²) in [5.74, 6) is 0.647. The highest BCUT2D eigenvalue weighted by Crippen LogP contribution is 2.26. The van der Waals surface area contributed by atoms with E-state index in [2.05, 4.69) is 12.2 Å². The van der Waals surface area contributed by atoms with Crippen molar-refractivity contribution < 1.29 is 18.3 Å². The second-order valence-corrected chi connectivity index (χ2v) is 8.37. The summed E-state index contributed by atoms with van der Waals surface area (Å²) in [5.41, 5.74) is 0. The van der Waals surface area contributed by atoms with Gasteiger partial charge in [0, 0.05) is 18.8 Å². The summed E-state index contributed by atoms with van der Waals surface area (Å²) in [5, 5.41) is 12.9. The second kappa shape index (κ2) is 8.32. The van der Waals surface area contributed by atoms with E-state index in [4.69, 9.17) is 4.74 Å². The number of rotatable bonds is 8. The quantitative estimate of drug-likeness (QED) is 0.699. The summed E-state index contributed by atoms with van der Waals surface area (Å²) in [4.78, 5) is 0. The third-order valence-electron chi connectivity index (χ3n) is 3.79. The molecule has 0 bridgehead atoms. The Morgan fingerprint density at radius 3 is 2.60 bits per heavy atom. The molecule has 1 rings (SSSR count). The number of hydrogen-bond acceptors (Lipinski definition) is 5. The Bertz CT molecular complexity index is 371. The highest BCUT2D eigenvalue weighted by molar-refractivity contribution is 7.90. The van der Waals surface area contributed by atoms with Gasteiger partial charge in [0.05, 0.1) is 24.6 Å². The minimum atomic E-state index is -2.98. The fourth-order valence-corrected chi connectivity index (χ4v) is 3.70. The van der Waals surface area contributed by atoms with Crippen LogP contribution in [-0.4, -0.2) is 56.9 Å². The van der Waals surface area contributed by atoms with Gasteiger partial charge in [-0.25, -0.2) is 8.42 Å². The van der Waals surface area contributed by atoms with Crippen molar-refractivity contribution in [3.05, 3.63) is 0 Å². The Morgan fingerprint density at radius 2 is 2.00 bits per heavy atom. The first kappa shape index (κ1) is 17.9. The molecule has 1 aliphatic rings. The molecule has 0 saturated heterocycles. The summed E-state index contributed by atoms with van der Waals surface area (Å²) in [6.45, 7) is 4.67. The zero-order valence-electron chi connectivity index (χ0n) is 12.8.